The molecule has 0 saturated carbocycles. The van der Waals surface area contributed by atoms with Gasteiger partial charge in [-0.15, -0.1) is 0 Å². The Bertz CT molecular complexity index is 1150. The third kappa shape index (κ3) is 4.12. The number of carbonyl (C=O) groups excluding carboxylic acids is 2. The van der Waals surface area contributed by atoms with E-state index >= 15 is 0 Å². The van der Waals surface area contributed by atoms with Gasteiger partial charge in [-0.1, -0.05) is 30.3 Å². The molecule has 3 heterocycles. The number of urea groups is 1. The van der Waals surface area contributed by atoms with Gasteiger partial charge in [0.25, 0.3) is 5.91 Å². The van der Waals surface area contributed by atoms with Crippen LogP contribution in [0.1, 0.15) is 17.3 Å². The van der Waals surface area contributed by atoms with Crippen molar-refractivity contribution in [1.82, 2.24) is 25.8 Å². The van der Waals surface area contributed by atoms with E-state index in [1.54, 1.807) is 11.9 Å². The van der Waals surface area contributed by atoms with E-state index in [2.05, 4.69) is 27.3 Å². The zero-order valence-corrected chi connectivity index (χ0v) is 19.5. The minimum Gasteiger partial charge on any atom is -0.365 e. The van der Waals surface area contributed by atoms with Crippen LogP contribution in [0, 0.1) is 0 Å². The van der Waals surface area contributed by atoms with E-state index in [-0.39, 0.29) is 18.1 Å². The summed E-state index contributed by atoms with van der Waals surface area (Å²) in [6, 6.07) is 15.7. The van der Waals surface area contributed by atoms with Crippen LogP contribution in [0.3, 0.4) is 0 Å². The fraction of sp³-hybridized carbons (Fsp3) is 0.308. The second-order valence-electron chi connectivity index (χ2n) is 9.04. The van der Waals surface area contributed by atoms with Gasteiger partial charge in [-0.2, -0.15) is 0 Å². The highest BCUT2D eigenvalue weighted by Gasteiger charge is 2.43. The number of dihydropyridines is 1. The van der Waals surface area contributed by atoms with E-state index in [0.717, 1.165) is 48.6 Å². The van der Waals surface area contributed by atoms with Crippen molar-refractivity contribution >= 4 is 17.6 Å². The molecule has 0 aliphatic carbocycles. The summed E-state index contributed by atoms with van der Waals surface area (Å²) < 4.78 is 0. The number of nitrogens with one attached hydrogen (secondary N) is 4. The topological polar surface area (TPSA) is 88.7 Å². The van der Waals surface area contributed by atoms with Gasteiger partial charge in [0, 0.05) is 50.1 Å². The first-order chi connectivity index (χ1) is 16.4. The second kappa shape index (κ2) is 8.87. The zero-order valence-electron chi connectivity index (χ0n) is 19.5. The lowest BCUT2D eigenvalue weighted by atomic mass is 9.92. The Hall–Kier alpha value is -3.78. The van der Waals surface area contributed by atoms with Gasteiger partial charge in [0.1, 0.15) is 11.8 Å². The number of nitrogens with zero attached hydrogens (tertiary/aromatic N) is 2. The Kier molecular flexibility index (Phi) is 5.75. The molecular weight excluding hydrogens is 428 g/mol. The first-order valence-electron chi connectivity index (χ1n) is 11.6. The molecular formula is C26H30N6O2. The van der Waals surface area contributed by atoms with Crippen LogP contribution in [0.5, 0.6) is 0 Å². The van der Waals surface area contributed by atoms with E-state index in [1.165, 1.54) is 0 Å². The largest absolute Gasteiger partial charge is 0.365 e. The van der Waals surface area contributed by atoms with Gasteiger partial charge in [0.05, 0.1) is 0 Å². The molecule has 34 heavy (non-hydrogen) atoms. The molecule has 2 fully saturated rings. The van der Waals surface area contributed by atoms with Crippen molar-refractivity contribution in [1.29, 1.82) is 0 Å². The Morgan fingerprint density at radius 1 is 1.09 bits per heavy atom. The number of likely N-dealkylation sites (N-methyl/N-ethyl adjacent to an activating group) is 1. The highest BCUT2D eigenvalue weighted by atomic mass is 16.2. The molecule has 2 saturated heterocycles. The number of piperazine rings is 1. The minimum absolute atomic E-state index is 0.0774. The molecule has 3 amide bonds. The van der Waals surface area contributed by atoms with Crippen LogP contribution in [0.2, 0.25) is 0 Å². The molecule has 4 N–H and O–H groups in total. The second-order valence-corrected chi connectivity index (χ2v) is 9.04. The summed E-state index contributed by atoms with van der Waals surface area (Å²) in [7, 11) is 1.78. The first-order valence-corrected chi connectivity index (χ1v) is 11.6. The third-order valence-electron chi connectivity index (χ3n) is 6.72. The summed E-state index contributed by atoms with van der Waals surface area (Å²) >= 11 is 0. The van der Waals surface area contributed by atoms with Crippen molar-refractivity contribution in [3.8, 4) is 11.1 Å². The number of allylic oxidation sites excluding steroid dienone is 2. The lowest BCUT2D eigenvalue weighted by Gasteiger charge is -2.47. The maximum Gasteiger partial charge on any atom is 0.321 e. The molecule has 176 valence electrons. The van der Waals surface area contributed by atoms with Gasteiger partial charge in [0.2, 0.25) is 0 Å². The summed E-state index contributed by atoms with van der Waals surface area (Å²) in [5.74, 6) is 0.0774. The Morgan fingerprint density at radius 2 is 1.85 bits per heavy atom. The number of benzene rings is 2. The lowest BCUT2D eigenvalue weighted by Crippen LogP contribution is -2.69. The molecule has 5 rings (SSSR count). The average Bonchev–Trinajstić information content (AvgIpc) is 2.87. The van der Waals surface area contributed by atoms with Crippen LogP contribution in [-0.4, -0.2) is 66.8 Å². The van der Waals surface area contributed by atoms with Crippen LogP contribution in [0.15, 0.2) is 72.5 Å². The van der Waals surface area contributed by atoms with Crippen LogP contribution in [0.25, 0.3) is 11.1 Å². The average molecular weight is 459 g/mol. The lowest BCUT2D eigenvalue weighted by molar-refractivity contribution is 0.0736. The molecule has 2 aromatic rings. The first kappa shape index (κ1) is 22.0. The van der Waals surface area contributed by atoms with E-state index < -0.39 is 5.66 Å². The van der Waals surface area contributed by atoms with Gasteiger partial charge in [-0.25, -0.2) is 4.79 Å². The normalized spacial score (nSPS) is 24.0. The van der Waals surface area contributed by atoms with Gasteiger partial charge in [-0.3, -0.25) is 4.79 Å². The van der Waals surface area contributed by atoms with Crippen molar-refractivity contribution in [3.63, 3.8) is 0 Å². The number of anilines is 1. The van der Waals surface area contributed by atoms with Gasteiger partial charge in [-0.05, 0) is 54.6 Å². The van der Waals surface area contributed by atoms with Crippen LogP contribution in [0.4, 0.5) is 10.5 Å². The van der Waals surface area contributed by atoms with E-state index in [1.807, 2.05) is 72.6 Å². The maximum atomic E-state index is 12.8. The SMILES string of the molecule is CN1C(=O)NC2(C)NC=CC=C2C1Nc1cccc(-c2ccc(C(=O)N3CCNCC3)cc2)c1. The number of hydrogen-bond donors (Lipinski definition) is 4. The van der Waals surface area contributed by atoms with Crippen LogP contribution < -0.4 is 21.3 Å². The molecule has 3 aliphatic heterocycles. The van der Waals surface area contributed by atoms with E-state index in [9.17, 15) is 9.59 Å². The molecule has 0 aromatic heterocycles. The quantitative estimate of drug-likeness (QED) is 0.566. The van der Waals surface area contributed by atoms with E-state index in [4.69, 9.17) is 0 Å². The van der Waals surface area contributed by atoms with E-state index in [0.29, 0.717) is 5.56 Å². The number of hydrogen-bond acceptors (Lipinski definition) is 5. The molecule has 8 heteroatoms. The third-order valence-corrected chi connectivity index (χ3v) is 6.72. The molecule has 3 aliphatic rings. The van der Waals surface area contributed by atoms with Crippen molar-refractivity contribution in [2.45, 2.75) is 18.8 Å². The Balaban J connectivity index is 1.35. The molecule has 2 aromatic carbocycles. The summed E-state index contributed by atoms with van der Waals surface area (Å²) in [6.45, 7) is 5.11. The molecule has 0 bridgehead atoms. The molecule has 2 unspecified atom stereocenters. The number of carbonyl (C=O) groups is 2. The number of fused-ring (bicyclic) bond motifs is 1. The smallest absolute Gasteiger partial charge is 0.321 e. The Labute approximate surface area is 199 Å². The standard InChI is InChI=1S/C26H30N6O2/c1-26-22(7-4-12-28-26)23(31(2)25(34)30-26)29-21-6-3-5-20(17-21)18-8-10-19(11-9-18)24(33)32-15-13-27-14-16-32/h3-12,17,23,27-29H,13-16H2,1-2H3,(H,30,34). The summed E-state index contributed by atoms with van der Waals surface area (Å²) in [5.41, 5.74) is 4.06. The fourth-order valence-corrected chi connectivity index (χ4v) is 4.69. The summed E-state index contributed by atoms with van der Waals surface area (Å²) in [6.07, 6.45) is 5.51. The predicted molar refractivity (Wildman–Crippen MR) is 133 cm³/mol. The van der Waals surface area contributed by atoms with Crippen LogP contribution in [-0.2, 0) is 0 Å². The van der Waals surface area contributed by atoms with Gasteiger partial charge in [0.15, 0.2) is 0 Å². The molecule has 0 spiro atoms. The highest BCUT2D eigenvalue weighted by Crippen LogP contribution is 2.30. The van der Waals surface area contributed by atoms with Crippen molar-refractivity contribution in [2.75, 3.05) is 38.5 Å². The van der Waals surface area contributed by atoms with Crippen molar-refractivity contribution < 1.29 is 9.59 Å². The molecule has 0 radical (unpaired) electrons. The number of amides is 3. The van der Waals surface area contributed by atoms with Crippen molar-refractivity contribution in [3.05, 3.63) is 78.0 Å². The zero-order chi connectivity index (χ0) is 23.7. The van der Waals surface area contributed by atoms with Gasteiger partial charge < -0.3 is 31.1 Å². The predicted octanol–water partition coefficient (Wildman–Crippen LogP) is 2.55. The van der Waals surface area contributed by atoms with Crippen molar-refractivity contribution in [2.24, 2.45) is 0 Å². The molecule has 2 atom stereocenters. The summed E-state index contributed by atoms with van der Waals surface area (Å²) in [5, 5.41) is 13.1. The minimum atomic E-state index is -0.638. The summed E-state index contributed by atoms with van der Waals surface area (Å²) in [4.78, 5) is 28.9. The highest BCUT2D eigenvalue weighted by molar-refractivity contribution is 5.94. The fourth-order valence-electron chi connectivity index (χ4n) is 4.69. The molecule has 8 nitrogen and oxygen atoms in total. The van der Waals surface area contributed by atoms with Crippen LogP contribution >= 0.6 is 0 Å². The van der Waals surface area contributed by atoms with Gasteiger partial charge >= 0.3 is 6.03 Å². The Morgan fingerprint density at radius 3 is 2.62 bits per heavy atom. The monoisotopic (exact) mass is 458 g/mol. The maximum absolute atomic E-state index is 12.8. The number of rotatable bonds is 4.